The Bertz CT molecular complexity index is 723. The van der Waals surface area contributed by atoms with Gasteiger partial charge in [-0.2, -0.15) is 0 Å². The lowest BCUT2D eigenvalue weighted by Gasteiger charge is -2.56. The van der Waals surface area contributed by atoms with E-state index in [1.54, 1.807) is 4.90 Å². The number of amides is 1. The molecule has 0 radical (unpaired) electrons. The molecule has 22 heavy (non-hydrogen) atoms. The van der Waals surface area contributed by atoms with Crippen molar-refractivity contribution in [3.63, 3.8) is 0 Å². The van der Waals surface area contributed by atoms with Gasteiger partial charge in [-0.3, -0.25) is 9.59 Å². The molecule has 4 rings (SSSR count). The normalized spacial score (nSPS) is 29.0. The summed E-state index contributed by atoms with van der Waals surface area (Å²) in [6.45, 7) is 3.74. The van der Waals surface area contributed by atoms with Crippen LogP contribution < -0.4 is 5.43 Å². The average Bonchev–Trinajstić information content (AvgIpc) is 2.43. The van der Waals surface area contributed by atoms with Crippen LogP contribution in [0.25, 0.3) is 0 Å². The zero-order valence-corrected chi connectivity index (χ0v) is 12.0. The van der Waals surface area contributed by atoms with Crippen LogP contribution in [0, 0.1) is 5.41 Å². The number of aromatic hydroxyl groups is 2. The maximum Gasteiger partial charge on any atom is 0.276 e. The molecule has 8 nitrogen and oxygen atoms in total. The lowest BCUT2D eigenvalue weighted by Crippen LogP contribution is -2.69. The molecular formula is C14H16N2O6. The minimum Gasteiger partial charge on any atom is -0.503 e. The summed E-state index contributed by atoms with van der Waals surface area (Å²) in [6, 6.07) is -0.121. The number of hydrogen-bond donors (Lipinski definition) is 2. The summed E-state index contributed by atoms with van der Waals surface area (Å²) in [5.41, 5.74) is -1.27. The van der Waals surface area contributed by atoms with Gasteiger partial charge in [-0.25, -0.2) is 0 Å². The number of pyridine rings is 1. The minimum atomic E-state index is -0.940. The average molecular weight is 308 g/mol. The predicted molar refractivity (Wildman–Crippen MR) is 72.7 cm³/mol. The minimum absolute atomic E-state index is 0.105. The number of fused-ring (bicyclic) bond motifs is 2. The molecule has 2 atom stereocenters. The number of nitrogens with zero attached hydrogens (tertiary/aromatic N) is 2. The third-order valence-electron chi connectivity index (χ3n) is 4.98. The number of carbonyl (C=O) groups excluding carboxylic acids is 1. The van der Waals surface area contributed by atoms with Crippen LogP contribution in [-0.2, 0) is 16.0 Å². The smallest absolute Gasteiger partial charge is 0.276 e. The number of hydrogen-bond acceptors (Lipinski definition) is 6. The molecule has 4 heterocycles. The van der Waals surface area contributed by atoms with Crippen molar-refractivity contribution in [1.29, 1.82) is 0 Å². The Morgan fingerprint density at radius 2 is 2.00 bits per heavy atom. The van der Waals surface area contributed by atoms with E-state index in [0.717, 1.165) is 6.20 Å². The fourth-order valence-electron chi connectivity index (χ4n) is 3.44. The molecule has 2 N–H and O–H groups in total. The Balaban J connectivity index is 1.81. The zero-order valence-electron chi connectivity index (χ0n) is 12.0. The summed E-state index contributed by atoms with van der Waals surface area (Å²) < 4.78 is 12.5. The van der Waals surface area contributed by atoms with E-state index in [9.17, 15) is 19.8 Å². The van der Waals surface area contributed by atoms with Gasteiger partial charge in [-0.15, -0.1) is 0 Å². The molecule has 8 heteroatoms. The molecule has 1 amide bonds. The highest BCUT2D eigenvalue weighted by Gasteiger charge is 2.54. The van der Waals surface area contributed by atoms with Gasteiger partial charge in [-0.1, -0.05) is 0 Å². The van der Waals surface area contributed by atoms with Gasteiger partial charge in [0, 0.05) is 6.04 Å². The Hall–Kier alpha value is -2.06. The van der Waals surface area contributed by atoms with Gasteiger partial charge >= 0.3 is 0 Å². The first kappa shape index (κ1) is 13.6. The summed E-state index contributed by atoms with van der Waals surface area (Å²) in [4.78, 5) is 26.0. The van der Waals surface area contributed by atoms with Gasteiger partial charge in [0.1, 0.15) is 0 Å². The van der Waals surface area contributed by atoms with E-state index in [-0.39, 0.29) is 23.7 Å². The second-order valence-electron chi connectivity index (χ2n) is 6.20. The summed E-state index contributed by atoms with van der Waals surface area (Å²) in [5.74, 6) is -1.78. The molecule has 2 fully saturated rings. The van der Waals surface area contributed by atoms with Gasteiger partial charge in [0.05, 0.1) is 38.0 Å². The Labute approximate surface area is 125 Å². The molecule has 0 bridgehead atoms. The molecule has 0 aliphatic carbocycles. The quantitative estimate of drug-likeness (QED) is 0.668. The number of ether oxygens (including phenoxy) is 2. The van der Waals surface area contributed by atoms with Gasteiger partial charge in [-0.05, 0) is 6.92 Å². The standard InChI is InChI=1S/C14H16N2O6/c1-7-14(4-21-5-14)6-22-9-3-15-2-8(17)11(18)12(19)10(15)13(20)16(7)9/h2,7,9,17,19H,3-6H2,1H3/t7-,9+/m1/s1. The van der Waals surface area contributed by atoms with E-state index in [1.165, 1.54) is 4.57 Å². The van der Waals surface area contributed by atoms with Crippen molar-refractivity contribution in [3.05, 3.63) is 22.1 Å². The second-order valence-corrected chi connectivity index (χ2v) is 6.20. The SMILES string of the molecule is C[C@H]1N2C(=O)c3c(O)c(=O)c(O)cn3C[C@@H]2OCC12COC2. The fraction of sp³-hybridized carbons (Fsp3) is 0.571. The molecule has 3 aliphatic rings. The first-order chi connectivity index (χ1) is 10.4. The van der Waals surface area contributed by atoms with Crippen LogP contribution >= 0.6 is 0 Å². The maximum absolute atomic E-state index is 12.8. The number of aromatic nitrogens is 1. The zero-order chi connectivity index (χ0) is 15.6. The van der Waals surface area contributed by atoms with Crippen LogP contribution in [0.4, 0.5) is 0 Å². The lowest BCUT2D eigenvalue weighted by atomic mass is 9.77. The number of carbonyl (C=O) groups is 1. The van der Waals surface area contributed by atoms with Gasteiger partial charge in [0.2, 0.25) is 0 Å². The van der Waals surface area contributed by atoms with Crippen LogP contribution in [-0.4, -0.2) is 57.7 Å². The first-order valence-electron chi connectivity index (χ1n) is 7.12. The third-order valence-corrected chi connectivity index (χ3v) is 4.98. The van der Waals surface area contributed by atoms with Crippen molar-refractivity contribution in [3.8, 4) is 11.5 Å². The van der Waals surface area contributed by atoms with E-state index in [1.807, 2.05) is 6.92 Å². The fourth-order valence-corrected chi connectivity index (χ4v) is 3.44. The highest BCUT2D eigenvalue weighted by molar-refractivity contribution is 5.96. The van der Waals surface area contributed by atoms with E-state index in [2.05, 4.69) is 0 Å². The predicted octanol–water partition coefficient (Wildman–Crippen LogP) is -0.523. The van der Waals surface area contributed by atoms with Crippen molar-refractivity contribution in [2.24, 2.45) is 5.41 Å². The molecule has 118 valence electrons. The van der Waals surface area contributed by atoms with Crippen molar-refractivity contribution in [2.45, 2.75) is 25.7 Å². The molecule has 1 aromatic heterocycles. The van der Waals surface area contributed by atoms with Crippen molar-refractivity contribution in [2.75, 3.05) is 19.8 Å². The third kappa shape index (κ3) is 1.53. The van der Waals surface area contributed by atoms with E-state index < -0.39 is 29.1 Å². The molecule has 0 unspecified atom stereocenters. The van der Waals surface area contributed by atoms with E-state index >= 15 is 0 Å². The van der Waals surface area contributed by atoms with E-state index in [4.69, 9.17) is 9.47 Å². The van der Waals surface area contributed by atoms with Gasteiger partial charge in [0.25, 0.3) is 11.3 Å². The highest BCUT2D eigenvalue weighted by Crippen LogP contribution is 2.42. The van der Waals surface area contributed by atoms with E-state index in [0.29, 0.717) is 19.8 Å². The second kappa shape index (κ2) is 4.23. The molecule has 0 saturated carbocycles. The summed E-state index contributed by atoms with van der Waals surface area (Å²) in [7, 11) is 0. The highest BCUT2D eigenvalue weighted by atomic mass is 16.5. The summed E-state index contributed by atoms with van der Waals surface area (Å²) in [6.07, 6.45) is 0.680. The van der Waals surface area contributed by atoms with Crippen LogP contribution in [0.3, 0.4) is 0 Å². The lowest BCUT2D eigenvalue weighted by molar-refractivity contribution is -0.249. The van der Waals surface area contributed by atoms with Crippen molar-refractivity contribution >= 4 is 5.91 Å². The monoisotopic (exact) mass is 308 g/mol. The summed E-state index contributed by atoms with van der Waals surface area (Å²) >= 11 is 0. The van der Waals surface area contributed by atoms with Crippen molar-refractivity contribution < 1.29 is 24.5 Å². The molecule has 2 saturated heterocycles. The first-order valence-corrected chi connectivity index (χ1v) is 7.12. The van der Waals surface area contributed by atoms with Gasteiger partial charge < -0.3 is 29.2 Å². The molecule has 1 aromatic rings. The molecular weight excluding hydrogens is 292 g/mol. The van der Waals surface area contributed by atoms with Gasteiger partial charge in [0.15, 0.2) is 23.4 Å². The molecule has 1 spiro atoms. The largest absolute Gasteiger partial charge is 0.503 e. The topological polar surface area (TPSA) is 101 Å². The Morgan fingerprint density at radius 3 is 2.64 bits per heavy atom. The maximum atomic E-state index is 12.8. The number of rotatable bonds is 0. The van der Waals surface area contributed by atoms with Crippen LogP contribution in [0.2, 0.25) is 0 Å². The van der Waals surface area contributed by atoms with Crippen molar-refractivity contribution in [1.82, 2.24) is 9.47 Å². The molecule has 3 aliphatic heterocycles. The van der Waals surface area contributed by atoms with Crippen LogP contribution in [0.1, 0.15) is 17.4 Å². The molecule has 0 aromatic carbocycles. The van der Waals surface area contributed by atoms with Crippen LogP contribution in [0.5, 0.6) is 11.5 Å². The Morgan fingerprint density at radius 1 is 1.27 bits per heavy atom. The van der Waals surface area contributed by atoms with Crippen LogP contribution in [0.15, 0.2) is 11.0 Å². The Kier molecular flexibility index (Phi) is 2.62. The summed E-state index contributed by atoms with van der Waals surface area (Å²) in [5, 5.41) is 19.5.